The molecule has 0 saturated carbocycles. The van der Waals surface area contributed by atoms with Gasteiger partial charge in [-0.3, -0.25) is 0 Å². The Labute approximate surface area is 109 Å². The molecule has 0 aliphatic heterocycles. The molecule has 0 saturated heterocycles. The molecular formula is C14H14O5. The van der Waals surface area contributed by atoms with Crippen molar-refractivity contribution >= 4 is 22.7 Å². The fourth-order valence-corrected chi connectivity index (χ4v) is 1.41. The zero-order chi connectivity index (χ0) is 14.4. The number of aliphatic hydroxyl groups is 1. The maximum atomic E-state index is 10.8. The van der Waals surface area contributed by atoms with Gasteiger partial charge in [0.05, 0.1) is 5.56 Å². The van der Waals surface area contributed by atoms with Gasteiger partial charge in [-0.1, -0.05) is 36.4 Å². The van der Waals surface area contributed by atoms with E-state index in [1.54, 1.807) is 12.1 Å². The van der Waals surface area contributed by atoms with Gasteiger partial charge in [0.15, 0.2) is 0 Å². The molecule has 3 N–H and O–H groups in total. The highest BCUT2D eigenvalue weighted by Crippen LogP contribution is 2.17. The summed E-state index contributed by atoms with van der Waals surface area (Å²) >= 11 is 0. The molecule has 0 aliphatic carbocycles. The standard InChI is InChI=1S/C11H8O2.C3H6O3/c12-11(13)10-7-3-5-8-4-1-2-6-9(8)10;1-2(4)3(5)6/h1-7H,(H,12,13);2,4H,1H3,(H,5,6). The molecule has 0 radical (unpaired) electrons. The number of fused-ring (bicyclic) bond motifs is 1. The van der Waals surface area contributed by atoms with Gasteiger partial charge in [0.25, 0.3) is 0 Å². The zero-order valence-corrected chi connectivity index (χ0v) is 10.3. The molecule has 0 heterocycles. The van der Waals surface area contributed by atoms with Crippen LogP contribution in [-0.4, -0.2) is 33.4 Å². The smallest absolute Gasteiger partial charge is 0.336 e. The number of aliphatic carboxylic acids is 1. The van der Waals surface area contributed by atoms with E-state index in [9.17, 15) is 9.59 Å². The van der Waals surface area contributed by atoms with Crippen molar-refractivity contribution in [3.8, 4) is 0 Å². The average Bonchev–Trinajstić information content (AvgIpc) is 2.38. The molecule has 1 unspecified atom stereocenters. The van der Waals surface area contributed by atoms with E-state index in [2.05, 4.69) is 0 Å². The van der Waals surface area contributed by atoms with Crippen LogP contribution < -0.4 is 0 Å². The second-order valence-corrected chi connectivity index (χ2v) is 3.85. The Morgan fingerprint density at radius 1 is 1.00 bits per heavy atom. The van der Waals surface area contributed by atoms with Crippen molar-refractivity contribution in [1.82, 2.24) is 0 Å². The first-order chi connectivity index (χ1) is 8.93. The van der Waals surface area contributed by atoms with Crippen LogP contribution >= 0.6 is 0 Å². The van der Waals surface area contributed by atoms with Crippen molar-refractivity contribution in [1.29, 1.82) is 0 Å². The molecule has 0 aromatic heterocycles. The summed E-state index contributed by atoms with van der Waals surface area (Å²) in [4.78, 5) is 20.3. The highest BCUT2D eigenvalue weighted by atomic mass is 16.4. The number of aliphatic hydroxyl groups excluding tert-OH is 1. The molecule has 1 atom stereocenters. The quantitative estimate of drug-likeness (QED) is 0.769. The van der Waals surface area contributed by atoms with E-state index in [0.717, 1.165) is 10.8 Å². The van der Waals surface area contributed by atoms with Gasteiger partial charge in [-0.25, -0.2) is 9.59 Å². The van der Waals surface area contributed by atoms with Crippen LogP contribution in [0.3, 0.4) is 0 Å². The minimum Gasteiger partial charge on any atom is -0.479 e. The molecule has 0 amide bonds. The van der Waals surface area contributed by atoms with Crippen molar-refractivity contribution in [3.63, 3.8) is 0 Å². The number of hydrogen-bond acceptors (Lipinski definition) is 3. The number of carbonyl (C=O) groups is 2. The summed E-state index contributed by atoms with van der Waals surface area (Å²) < 4.78 is 0. The summed E-state index contributed by atoms with van der Waals surface area (Å²) in [6, 6.07) is 12.7. The molecule has 2 aromatic rings. The average molecular weight is 262 g/mol. The summed E-state index contributed by atoms with van der Waals surface area (Å²) in [5.41, 5.74) is 0.359. The molecule has 5 heteroatoms. The lowest BCUT2D eigenvalue weighted by molar-refractivity contribution is -0.145. The van der Waals surface area contributed by atoms with E-state index in [0.29, 0.717) is 5.56 Å². The maximum Gasteiger partial charge on any atom is 0.336 e. The third-order valence-corrected chi connectivity index (χ3v) is 2.38. The lowest BCUT2D eigenvalue weighted by Crippen LogP contribution is -2.13. The normalized spacial score (nSPS) is 11.3. The first-order valence-electron chi connectivity index (χ1n) is 5.55. The molecule has 5 nitrogen and oxygen atoms in total. The molecule has 2 aromatic carbocycles. The third kappa shape index (κ3) is 4.08. The second-order valence-electron chi connectivity index (χ2n) is 3.85. The molecule has 2 rings (SSSR count). The molecule has 0 fully saturated rings. The van der Waals surface area contributed by atoms with Crippen LogP contribution in [0.15, 0.2) is 42.5 Å². The number of rotatable bonds is 2. The number of benzene rings is 2. The molecular weight excluding hydrogens is 248 g/mol. The molecule has 0 spiro atoms. The van der Waals surface area contributed by atoms with Crippen molar-refractivity contribution in [2.24, 2.45) is 0 Å². The Morgan fingerprint density at radius 2 is 1.53 bits per heavy atom. The molecule has 100 valence electrons. The maximum absolute atomic E-state index is 10.8. The van der Waals surface area contributed by atoms with E-state index in [4.69, 9.17) is 15.3 Å². The predicted octanol–water partition coefficient (Wildman–Crippen LogP) is 1.99. The highest BCUT2D eigenvalue weighted by molar-refractivity contribution is 6.03. The van der Waals surface area contributed by atoms with Crippen molar-refractivity contribution in [2.75, 3.05) is 0 Å². The van der Waals surface area contributed by atoms with Crippen LogP contribution in [0.4, 0.5) is 0 Å². The summed E-state index contributed by atoms with van der Waals surface area (Å²) in [5, 5.41) is 26.4. The number of carboxylic acid groups (broad SMARTS) is 2. The second kappa shape index (κ2) is 6.51. The first-order valence-corrected chi connectivity index (χ1v) is 5.55. The minimum atomic E-state index is -1.23. The fraction of sp³-hybridized carbons (Fsp3) is 0.143. The Hall–Kier alpha value is -2.40. The van der Waals surface area contributed by atoms with Crippen LogP contribution in [0.5, 0.6) is 0 Å². The third-order valence-electron chi connectivity index (χ3n) is 2.38. The largest absolute Gasteiger partial charge is 0.479 e. The number of carboxylic acids is 2. The van der Waals surface area contributed by atoms with Crippen LogP contribution in [0, 0.1) is 0 Å². The van der Waals surface area contributed by atoms with Gasteiger partial charge >= 0.3 is 11.9 Å². The van der Waals surface area contributed by atoms with E-state index in [1.807, 2.05) is 30.3 Å². The summed E-state index contributed by atoms with van der Waals surface area (Å²) in [6.07, 6.45) is -1.23. The monoisotopic (exact) mass is 262 g/mol. The van der Waals surface area contributed by atoms with Gasteiger partial charge in [-0.2, -0.15) is 0 Å². The predicted molar refractivity (Wildman–Crippen MR) is 70.2 cm³/mol. The highest BCUT2D eigenvalue weighted by Gasteiger charge is 2.05. The van der Waals surface area contributed by atoms with Crippen molar-refractivity contribution in [3.05, 3.63) is 48.0 Å². The van der Waals surface area contributed by atoms with Crippen LogP contribution in [0.25, 0.3) is 10.8 Å². The fourth-order valence-electron chi connectivity index (χ4n) is 1.41. The van der Waals surface area contributed by atoms with Gasteiger partial charge < -0.3 is 15.3 Å². The van der Waals surface area contributed by atoms with Crippen molar-refractivity contribution < 1.29 is 24.9 Å². The van der Waals surface area contributed by atoms with E-state index in [-0.39, 0.29) is 0 Å². The molecule has 0 bridgehead atoms. The Kier molecular flexibility index (Phi) is 5.02. The van der Waals surface area contributed by atoms with Crippen LogP contribution in [-0.2, 0) is 4.79 Å². The molecule has 0 aliphatic rings. The van der Waals surface area contributed by atoms with Crippen LogP contribution in [0.2, 0.25) is 0 Å². The number of aromatic carboxylic acids is 1. The topological polar surface area (TPSA) is 94.8 Å². The Bertz CT molecular complexity index is 584. The lowest BCUT2D eigenvalue weighted by Gasteiger charge is -2.00. The lowest BCUT2D eigenvalue weighted by atomic mass is 10.1. The Morgan fingerprint density at radius 3 is 2.05 bits per heavy atom. The number of hydrogen-bond donors (Lipinski definition) is 3. The van der Waals surface area contributed by atoms with E-state index >= 15 is 0 Å². The van der Waals surface area contributed by atoms with E-state index in [1.165, 1.54) is 6.92 Å². The first kappa shape index (κ1) is 14.7. The summed E-state index contributed by atoms with van der Waals surface area (Å²) in [7, 11) is 0. The van der Waals surface area contributed by atoms with Gasteiger partial charge in [0, 0.05) is 0 Å². The molecule has 19 heavy (non-hydrogen) atoms. The Balaban J connectivity index is 0.000000258. The van der Waals surface area contributed by atoms with Gasteiger partial charge in [-0.05, 0) is 23.8 Å². The van der Waals surface area contributed by atoms with Gasteiger partial charge in [-0.15, -0.1) is 0 Å². The summed E-state index contributed by atoms with van der Waals surface area (Å²) in [5.74, 6) is -2.06. The minimum absolute atomic E-state index is 0.359. The SMILES string of the molecule is CC(O)C(=O)O.O=C(O)c1cccc2ccccc12. The van der Waals surface area contributed by atoms with Crippen molar-refractivity contribution in [2.45, 2.75) is 13.0 Å². The van der Waals surface area contributed by atoms with E-state index < -0.39 is 18.0 Å². The van der Waals surface area contributed by atoms with Crippen LogP contribution in [0.1, 0.15) is 17.3 Å². The zero-order valence-electron chi connectivity index (χ0n) is 10.3. The van der Waals surface area contributed by atoms with Gasteiger partial charge in [0.2, 0.25) is 0 Å². The van der Waals surface area contributed by atoms with Gasteiger partial charge in [0.1, 0.15) is 6.10 Å². The summed E-state index contributed by atoms with van der Waals surface area (Å²) in [6.45, 7) is 1.20.